The summed E-state index contributed by atoms with van der Waals surface area (Å²) in [4.78, 5) is 15.5. The van der Waals surface area contributed by atoms with E-state index in [1.165, 1.54) is 4.90 Å². The topological polar surface area (TPSA) is 26.3 Å². The van der Waals surface area contributed by atoms with Gasteiger partial charge in [-0.3, -0.25) is 4.79 Å². The van der Waals surface area contributed by atoms with Crippen LogP contribution < -0.4 is 4.74 Å². The molecule has 0 spiro atoms. The van der Waals surface area contributed by atoms with E-state index < -0.39 is 0 Å². The van der Waals surface area contributed by atoms with Crippen molar-refractivity contribution in [3.8, 4) is 11.5 Å². The van der Waals surface area contributed by atoms with Gasteiger partial charge in [0.1, 0.15) is 11.5 Å². The lowest BCUT2D eigenvalue weighted by molar-refractivity contribution is 0.103. The van der Waals surface area contributed by atoms with Gasteiger partial charge in [0, 0.05) is 38.0 Å². The van der Waals surface area contributed by atoms with E-state index in [2.05, 4.69) is 36.4 Å². The van der Waals surface area contributed by atoms with Gasteiger partial charge in [-0.2, -0.15) is 0 Å². The predicted octanol–water partition coefficient (Wildman–Crippen LogP) is 8.35. The maximum Gasteiger partial charge on any atom is 0.193 e. The summed E-state index contributed by atoms with van der Waals surface area (Å²) in [5, 5.41) is 0. The van der Waals surface area contributed by atoms with E-state index in [1.807, 2.05) is 91.0 Å². The monoisotopic (exact) mass is 470 g/mol. The molecule has 5 aromatic carbocycles. The van der Waals surface area contributed by atoms with Crippen molar-refractivity contribution in [1.29, 1.82) is 0 Å². The van der Waals surface area contributed by atoms with Crippen LogP contribution in [-0.2, 0) is 0 Å². The Bertz CT molecular complexity index is 1440. The molecule has 3 heteroatoms. The van der Waals surface area contributed by atoms with Crippen molar-refractivity contribution in [2.75, 3.05) is 0 Å². The van der Waals surface area contributed by atoms with Gasteiger partial charge >= 0.3 is 0 Å². The normalized spacial score (nSPS) is 12.3. The lowest BCUT2D eigenvalue weighted by Gasteiger charge is -2.28. The lowest BCUT2D eigenvalue weighted by atomic mass is 9.82. The molecule has 0 saturated heterocycles. The molecule has 0 aromatic heterocycles. The van der Waals surface area contributed by atoms with Gasteiger partial charge in [-0.05, 0) is 54.1 Å². The Labute approximate surface area is 209 Å². The molecular weight excluding hydrogens is 448 g/mol. The van der Waals surface area contributed by atoms with Gasteiger partial charge in [0.2, 0.25) is 0 Å². The number of hydrogen-bond acceptors (Lipinski definition) is 3. The third-order valence-corrected chi connectivity index (χ3v) is 7.30. The maximum atomic E-state index is 13.2. The van der Waals surface area contributed by atoms with Crippen molar-refractivity contribution in [2.45, 2.75) is 15.7 Å². The molecule has 5 aromatic rings. The minimum atomic E-state index is 0.0283. The fraction of sp³-hybridized carbons (Fsp3) is 0.0312. The zero-order valence-corrected chi connectivity index (χ0v) is 19.7. The molecule has 6 rings (SSSR count). The summed E-state index contributed by atoms with van der Waals surface area (Å²) < 4.78 is 6.14. The smallest absolute Gasteiger partial charge is 0.193 e. The van der Waals surface area contributed by atoms with Crippen LogP contribution in [0.5, 0.6) is 11.5 Å². The molecule has 0 aliphatic carbocycles. The Kier molecular flexibility index (Phi) is 5.69. The van der Waals surface area contributed by atoms with Gasteiger partial charge in [0.25, 0.3) is 0 Å². The average molecular weight is 471 g/mol. The number of carbonyl (C=O) groups excluding carboxylic acids is 1. The predicted molar refractivity (Wildman–Crippen MR) is 141 cm³/mol. The van der Waals surface area contributed by atoms with E-state index in [4.69, 9.17) is 4.74 Å². The number of para-hydroxylation sites is 2. The summed E-state index contributed by atoms with van der Waals surface area (Å²) in [6.07, 6.45) is 0. The van der Waals surface area contributed by atoms with E-state index in [0.29, 0.717) is 11.1 Å². The minimum Gasteiger partial charge on any atom is -0.457 e. The fourth-order valence-corrected chi connectivity index (χ4v) is 5.40. The van der Waals surface area contributed by atoms with Gasteiger partial charge in [-0.25, -0.2) is 0 Å². The molecule has 168 valence electrons. The second-order valence-corrected chi connectivity index (χ2v) is 9.65. The fourth-order valence-electron chi connectivity index (χ4n) is 4.56. The molecule has 0 radical (unpaired) electrons. The first kappa shape index (κ1) is 21.5. The van der Waals surface area contributed by atoms with Crippen molar-refractivity contribution in [3.63, 3.8) is 0 Å². The number of benzene rings is 5. The van der Waals surface area contributed by atoms with Crippen LogP contribution in [0.1, 0.15) is 38.5 Å². The highest BCUT2D eigenvalue weighted by Crippen LogP contribution is 2.46. The summed E-state index contributed by atoms with van der Waals surface area (Å²) in [5.41, 5.74) is 4.79. The molecule has 1 aliphatic rings. The largest absolute Gasteiger partial charge is 0.457 e. The van der Waals surface area contributed by atoms with Crippen LogP contribution in [0.15, 0.2) is 137 Å². The van der Waals surface area contributed by atoms with Crippen LogP contribution in [0.25, 0.3) is 0 Å². The first-order valence-corrected chi connectivity index (χ1v) is 12.4. The molecule has 0 atom stereocenters. The van der Waals surface area contributed by atoms with Crippen LogP contribution in [-0.4, -0.2) is 5.78 Å². The zero-order chi connectivity index (χ0) is 23.6. The summed E-state index contributed by atoms with van der Waals surface area (Å²) >= 11 is 1.69. The van der Waals surface area contributed by atoms with E-state index >= 15 is 0 Å². The Morgan fingerprint density at radius 3 is 1.63 bits per heavy atom. The third kappa shape index (κ3) is 4.27. The number of hydrogen-bond donors (Lipinski definition) is 0. The standard InChI is InChI=1S/C32H22O2S/c33-32(24-18-20-26(21-19-24)35-25-8-2-1-3-9-25)23-16-14-22(15-17-23)31-27-10-4-6-12-29(27)34-30-13-7-5-11-28(30)31/h1-21,31H. The first-order chi connectivity index (χ1) is 17.3. The number of ketones is 1. The van der Waals surface area contributed by atoms with Gasteiger partial charge in [0.05, 0.1) is 0 Å². The van der Waals surface area contributed by atoms with Crippen LogP contribution in [0.4, 0.5) is 0 Å². The van der Waals surface area contributed by atoms with Crippen LogP contribution in [0, 0.1) is 0 Å². The second-order valence-electron chi connectivity index (χ2n) is 8.50. The summed E-state index contributed by atoms with van der Waals surface area (Å²) in [6, 6.07) is 42.4. The van der Waals surface area contributed by atoms with Crippen molar-refractivity contribution in [1.82, 2.24) is 0 Å². The molecule has 0 N–H and O–H groups in total. The lowest BCUT2D eigenvalue weighted by Crippen LogP contribution is -2.11. The van der Waals surface area contributed by atoms with Gasteiger partial charge in [-0.15, -0.1) is 0 Å². The number of ether oxygens (including phenoxy) is 1. The van der Waals surface area contributed by atoms with Crippen LogP contribution >= 0.6 is 11.8 Å². The minimum absolute atomic E-state index is 0.0283. The number of rotatable bonds is 5. The molecular formula is C32H22O2S. The summed E-state index contributed by atoms with van der Waals surface area (Å²) in [6.45, 7) is 0. The maximum absolute atomic E-state index is 13.2. The van der Waals surface area contributed by atoms with E-state index in [1.54, 1.807) is 11.8 Å². The second kappa shape index (κ2) is 9.28. The quantitative estimate of drug-likeness (QED) is 0.237. The molecule has 35 heavy (non-hydrogen) atoms. The Morgan fingerprint density at radius 2 is 1.03 bits per heavy atom. The van der Waals surface area contributed by atoms with E-state index in [-0.39, 0.29) is 11.7 Å². The summed E-state index contributed by atoms with van der Waals surface area (Å²) in [7, 11) is 0. The molecule has 0 unspecified atom stereocenters. The average Bonchev–Trinajstić information content (AvgIpc) is 2.92. The third-order valence-electron chi connectivity index (χ3n) is 6.28. The molecule has 1 aliphatic heterocycles. The van der Waals surface area contributed by atoms with Crippen LogP contribution in [0.3, 0.4) is 0 Å². The molecule has 0 amide bonds. The van der Waals surface area contributed by atoms with E-state index in [0.717, 1.165) is 33.1 Å². The SMILES string of the molecule is O=C(c1ccc(Sc2ccccc2)cc1)c1ccc(C2c3ccccc3Oc3ccccc32)cc1. The Balaban J connectivity index is 1.26. The molecule has 1 heterocycles. The van der Waals surface area contributed by atoms with Gasteiger partial charge < -0.3 is 4.74 Å². The van der Waals surface area contributed by atoms with Crippen molar-refractivity contribution in [2.24, 2.45) is 0 Å². The van der Waals surface area contributed by atoms with Crippen molar-refractivity contribution >= 4 is 17.5 Å². The Morgan fingerprint density at radius 1 is 0.543 bits per heavy atom. The highest BCUT2D eigenvalue weighted by Gasteiger charge is 2.28. The molecule has 0 fully saturated rings. The first-order valence-electron chi connectivity index (χ1n) is 11.6. The van der Waals surface area contributed by atoms with Crippen LogP contribution in [0.2, 0.25) is 0 Å². The van der Waals surface area contributed by atoms with Gasteiger partial charge in [-0.1, -0.05) is 90.6 Å². The molecule has 2 nitrogen and oxygen atoms in total. The Hall–Kier alpha value is -4.08. The molecule has 0 bridgehead atoms. The number of carbonyl (C=O) groups is 1. The number of fused-ring (bicyclic) bond motifs is 2. The zero-order valence-electron chi connectivity index (χ0n) is 18.9. The highest BCUT2D eigenvalue weighted by atomic mass is 32.2. The van der Waals surface area contributed by atoms with E-state index in [9.17, 15) is 4.79 Å². The van der Waals surface area contributed by atoms with Crippen molar-refractivity contribution in [3.05, 3.63) is 155 Å². The highest BCUT2D eigenvalue weighted by molar-refractivity contribution is 7.99. The van der Waals surface area contributed by atoms with Crippen molar-refractivity contribution < 1.29 is 9.53 Å². The van der Waals surface area contributed by atoms with Gasteiger partial charge in [0.15, 0.2) is 5.78 Å². The summed E-state index contributed by atoms with van der Waals surface area (Å²) in [5.74, 6) is 1.85. The molecule has 0 saturated carbocycles.